The second-order valence-corrected chi connectivity index (χ2v) is 3.70. The predicted octanol–water partition coefficient (Wildman–Crippen LogP) is 1.92. The summed E-state index contributed by atoms with van der Waals surface area (Å²) in [7, 11) is 1.70. The molecule has 0 saturated carbocycles. The van der Waals surface area contributed by atoms with E-state index in [2.05, 4.69) is 9.97 Å². The molecule has 0 aliphatic rings. The van der Waals surface area contributed by atoms with Crippen molar-refractivity contribution in [1.29, 1.82) is 0 Å². The first-order chi connectivity index (χ1) is 7.59. The van der Waals surface area contributed by atoms with Crippen molar-refractivity contribution >= 4 is 22.8 Å². The third kappa shape index (κ3) is 1.74. The number of fused-ring (bicyclic) bond motifs is 1. The Morgan fingerprint density at radius 2 is 1.75 bits per heavy atom. The van der Waals surface area contributed by atoms with Crippen LogP contribution < -0.4 is 4.90 Å². The zero-order chi connectivity index (χ0) is 11.7. The molecule has 0 atom stereocenters. The fraction of sp³-hybridized carbons (Fsp3) is 0.250. The van der Waals surface area contributed by atoms with Gasteiger partial charge in [-0.15, -0.1) is 0 Å². The number of aromatic nitrogens is 2. The van der Waals surface area contributed by atoms with Gasteiger partial charge in [-0.2, -0.15) is 0 Å². The standard InChI is InChI=1S/C12H13N3O/c1-8-12(15(3)9(2)16)14-11-7-5-4-6-10(11)13-8/h4-7H,1-3H3. The molecule has 0 aliphatic heterocycles. The average molecular weight is 215 g/mol. The van der Waals surface area contributed by atoms with E-state index in [1.807, 2.05) is 31.2 Å². The minimum atomic E-state index is -0.0484. The van der Waals surface area contributed by atoms with Gasteiger partial charge >= 0.3 is 0 Å². The summed E-state index contributed by atoms with van der Waals surface area (Å²) in [6, 6.07) is 7.63. The third-order valence-electron chi connectivity index (χ3n) is 2.51. The molecule has 4 heteroatoms. The van der Waals surface area contributed by atoms with Crippen LogP contribution in [0.2, 0.25) is 0 Å². The Morgan fingerprint density at radius 1 is 1.19 bits per heavy atom. The van der Waals surface area contributed by atoms with E-state index in [0.717, 1.165) is 16.7 Å². The Labute approximate surface area is 93.9 Å². The van der Waals surface area contributed by atoms with Gasteiger partial charge in [0, 0.05) is 14.0 Å². The summed E-state index contributed by atoms with van der Waals surface area (Å²) in [5.41, 5.74) is 2.41. The monoisotopic (exact) mass is 215 g/mol. The lowest BCUT2D eigenvalue weighted by Crippen LogP contribution is -2.25. The zero-order valence-corrected chi connectivity index (χ0v) is 9.56. The summed E-state index contributed by atoms with van der Waals surface area (Å²) in [5, 5.41) is 0. The van der Waals surface area contributed by atoms with Gasteiger partial charge in [0.05, 0.1) is 16.7 Å². The van der Waals surface area contributed by atoms with E-state index in [1.54, 1.807) is 7.05 Å². The molecule has 0 radical (unpaired) electrons. The Kier molecular flexibility index (Phi) is 2.56. The number of anilines is 1. The summed E-state index contributed by atoms with van der Waals surface area (Å²) in [5.74, 6) is 0.568. The van der Waals surface area contributed by atoms with E-state index in [1.165, 1.54) is 11.8 Å². The van der Waals surface area contributed by atoms with Crippen LogP contribution in [0.25, 0.3) is 11.0 Å². The lowest BCUT2D eigenvalue weighted by molar-refractivity contribution is -0.116. The molecular formula is C12H13N3O. The number of amides is 1. The highest BCUT2D eigenvalue weighted by atomic mass is 16.2. The van der Waals surface area contributed by atoms with E-state index < -0.39 is 0 Å². The smallest absolute Gasteiger partial charge is 0.224 e. The minimum Gasteiger partial charge on any atom is -0.299 e. The van der Waals surface area contributed by atoms with Gasteiger partial charge in [-0.3, -0.25) is 9.69 Å². The first-order valence-corrected chi connectivity index (χ1v) is 5.07. The predicted molar refractivity (Wildman–Crippen MR) is 63.4 cm³/mol. The molecule has 0 spiro atoms. The zero-order valence-electron chi connectivity index (χ0n) is 9.56. The van der Waals surface area contributed by atoms with Crippen LogP contribution in [0.5, 0.6) is 0 Å². The SMILES string of the molecule is CC(=O)N(C)c1nc2ccccc2nc1C. The van der Waals surface area contributed by atoms with Gasteiger partial charge in [0.1, 0.15) is 0 Å². The number of benzene rings is 1. The van der Waals surface area contributed by atoms with Crippen LogP contribution in [0.1, 0.15) is 12.6 Å². The van der Waals surface area contributed by atoms with Gasteiger partial charge in [-0.05, 0) is 19.1 Å². The van der Waals surface area contributed by atoms with E-state index in [9.17, 15) is 4.79 Å². The number of rotatable bonds is 1. The molecule has 0 bridgehead atoms. The summed E-state index contributed by atoms with van der Waals surface area (Å²) in [6.07, 6.45) is 0. The quantitative estimate of drug-likeness (QED) is 0.730. The lowest BCUT2D eigenvalue weighted by Gasteiger charge is -2.16. The average Bonchev–Trinajstić information content (AvgIpc) is 2.27. The fourth-order valence-corrected chi connectivity index (χ4v) is 1.55. The third-order valence-corrected chi connectivity index (χ3v) is 2.51. The summed E-state index contributed by atoms with van der Waals surface area (Å²) in [6.45, 7) is 3.37. The van der Waals surface area contributed by atoms with Gasteiger partial charge in [-0.1, -0.05) is 12.1 Å². The van der Waals surface area contributed by atoms with Crippen molar-refractivity contribution in [3.05, 3.63) is 30.0 Å². The second-order valence-electron chi connectivity index (χ2n) is 3.70. The normalized spacial score (nSPS) is 10.4. The minimum absolute atomic E-state index is 0.0484. The molecule has 1 aromatic heterocycles. The number of para-hydroxylation sites is 2. The van der Waals surface area contributed by atoms with E-state index in [4.69, 9.17) is 0 Å². The Hall–Kier alpha value is -1.97. The van der Waals surface area contributed by atoms with Crippen LogP contribution in [0.4, 0.5) is 5.82 Å². The van der Waals surface area contributed by atoms with Crippen molar-refractivity contribution in [3.63, 3.8) is 0 Å². The van der Waals surface area contributed by atoms with Crippen molar-refractivity contribution in [2.45, 2.75) is 13.8 Å². The highest BCUT2D eigenvalue weighted by Crippen LogP contribution is 2.18. The molecule has 0 N–H and O–H groups in total. The molecule has 4 nitrogen and oxygen atoms in total. The maximum absolute atomic E-state index is 11.3. The van der Waals surface area contributed by atoms with E-state index >= 15 is 0 Å². The molecular weight excluding hydrogens is 202 g/mol. The topological polar surface area (TPSA) is 46.1 Å². The maximum atomic E-state index is 11.3. The molecule has 1 amide bonds. The molecule has 2 rings (SSSR count). The van der Waals surface area contributed by atoms with Crippen LogP contribution in [0, 0.1) is 6.92 Å². The van der Waals surface area contributed by atoms with Crippen molar-refractivity contribution < 1.29 is 4.79 Å². The Morgan fingerprint density at radius 3 is 2.31 bits per heavy atom. The molecule has 1 heterocycles. The number of hydrogen-bond acceptors (Lipinski definition) is 3. The summed E-state index contributed by atoms with van der Waals surface area (Å²) < 4.78 is 0. The van der Waals surface area contributed by atoms with Crippen molar-refractivity contribution in [2.75, 3.05) is 11.9 Å². The number of carbonyl (C=O) groups excluding carboxylic acids is 1. The van der Waals surface area contributed by atoms with Crippen molar-refractivity contribution in [2.24, 2.45) is 0 Å². The first kappa shape index (κ1) is 10.5. The summed E-state index contributed by atoms with van der Waals surface area (Å²) in [4.78, 5) is 21.7. The van der Waals surface area contributed by atoms with Crippen LogP contribution in [-0.4, -0.2) is 22.9 Å². The van der Waals surface area contributed by atoms with Gasteiger partial charge < -0.3 is 0 Å². The molecule has 1 aromatic carbocycles. The number of aryl methyl sites for hydroxylation is 1. The van der Waals surface area contributed by atoms with Crippen LogP contribution in [0.3, 0.4) is 0 Å². The molecule has 16 heavy (non-hydrogen) atoms. The van der Waals surface area contributed by atoms with Crippen molar-refractivity contribution in [1.82, 2.24) is 9.97 Å². The number of carbonyl (C=O) groups is 1. The number of hydrogen-bond donors (Lipinski definition) is 0. The molecule has 0 aliphatic carbocycles. The van der Waals surface area contributed by atoms with Crippen LogP contribution in [0.15, 0.2) is 24.3 Å². The highest BCUT2D eigenvalue weighted by Gasteiger charge is 2.12. The Bertz CT molecular complexity index is 551. The number of nitrogens with zero attached hydrogens (tertiary/aromatic N) is 3. The second kappa shape index (κ2) is 3.89. The van der Waals surface area contributed by atoms with E-state index in [0.29, 0.717) is 5.82 Å². The van der Waals surface area contributed by atoms with Crippen LogP contribution >= 0.6 is 0 Å². The van der Waals surface area contributed by atoms with Gasteiger partial charge in [0.25, 0.3) is 0 Å². The van der Waals surface area contributed by atoms with Crippen LogP contribution in [-0.2, 0) is 4.79 Å². The van der Waals surface area contributed by atoms with Gasteiger partial charge in [-0.25, -0.2) is 9.97 Å². The maximum Gasteiger partial charge on any atom is 0.224 e. The Balaban J connectivity index is 2.62. The molecule has 0 unspecified atom stereocenters. The highest BCUT2D eigenvalue weighted by molar-refractivity contribution is 5.91. The molecule has 82 valence electrons. The van der Waals surface area contributed by atoms with E-state index in [-0.39, 0.29) is 5.91 Å². The van der Waals surface area contributed by atoms with Gasteiger partial charge in [0.15, 0.2) is 5.82 Å². The van der Waals surface area contributed by atoms with Gasteiger partial charge in [0.2, 0.25) is 5.91 Å². The molecule has 0 fully saturated rings. The summed E-state index contributed by atoms with van der Waals surface area (Å²) >= 11 is 0. The largest absolute Gasteiger partial charge is 0.299 e. The van der Waals surface area contributed by atoms with Crippen molar-refractivity contribution in [3.8, 4) is 0 Å². The molecule has 0 saturated heterocycles. The molecule has 2 aromatic rings. The first-order valence-electron chi connectivity index (χ1n) is 5.07. The fourth-order valence-electron chi connectivity index (χ4n) is 1.55. The lowest BCUT2D eigenvalue weighted by atomic mass is 10.3.